The zero-order valence-corrected chi connectivity index (χ0v) is 13.6. The largest absolute Gasteiger partial charge is 0.381 e. The highest BCUT2D eigenvalue weighted by molar-refractivity contribution is 5.79. The SMILES string of the molecule is N#Cc1ccc(N2CCC[C@H](NC(=O)[C@@H]3CCCOC3)C2)c(F)c1. The monoisotopic (exact) mass is 331 g/mol. The van der Waals surface area contributed by atoms with E-state index >= 15 is 0 Å². The Hall–Kier alpha value is -2.13. The van der Waals surface area contributed by atoms with E-state index in [-0.39, 0.29) is 23.7 Å². The minimum atomic E-state index is -0.387. The van der Waals surface area contributed by atoms with Crippen LogP contribution in [0.4, 0.5) is 10.1 Å². The number of anilines is 1. The molecule has 2 heterocycles. The Labute approximate surface area is 141 Å². The van der Waals surface area contributed by atoms with Gasteiger partial charge >= 0.3 is 0 Å². The molecule has 2 fully saturated rings. The van der Waals surface area contributed by atoms with Gasteiger partial charge < -0.3 is 15.0 Å². The summed E-state index contributed by atoms with van der Waals surface area (Å²) in [6.07, 6.45) is 3.58. The number of amides is 1. The molecule has 2 saturated heterocycles. The van der Waals surface area contributed by atoms with Gasteiger partial charge in [0.1, 0.15) is 5.82 Å². The zero-order valence-electron chi connectivity index (χ0n) is 13.6. The molecule has 5 nitrogen and oxygen atoms in total. The molecule has 1 N–H and O–H groups in total. The number of nitriles is 1. The van der Waals surface area contributed by atoms with E-state index in [0.29, 0.717) is 24.4 Å². The molecule has 3 rings (SSSR count). The second-order valence-electron chi connectivity index (χ2n) is 6.49. The number of piperidine rings is 1. The number of ether oxygens (including phenoxy) is 1. The van der Waals surface area contributed by atoms with Gasteiger partial charge in [-0.3, -0.25) is 4.79 Å². The lowest BCUT2D eigenvalue weighted by Gasteiger charge is -2.35. The van der Waals surface area contributed by atoms with Gasteiger partial charge in [-0.25, -0.2) is 4.39 Å². The van der Waals surface area contributed by atoms with Crippen LogP contribution < -0.4 is 10.2 Å². The summed E-state index contributed by atoms with van der Waals surface area (Å²) in [5, 5.41) is 11.9. The maximum atomic E-state index is 14.2. The molecule has 6 heteroatoms. The summed E-state index contributed by atoms with van der Waals surface area (Å²) in [5.41, 5.74) is 0.810. The summed E-state index contributed by atoms with van der Waals surface area (Å²) in [6, 6.07) is 6.49. The molecule has 128 valence electrons. The summed E-state index contributed by atoms with van der Waals surface area (Å²) in [7, 11) is 0. The van der Waals surface area contributed by atoms with Gasteiger partial charge in [-0.05, 0) is 43.9 Å². The van der Waals surface area contributed by atoms with Crippen molar-refractivity contribution < 1.29 is 13.9 Å². The first-order valence-electron chi connectivity index (χ1n) is 8.50. The Bertz CT molecular complexity index is 638. The molecule has 2 atom stereocenters. The summed E-state index contributed by atoms with van der Waals surface area (Å²) >= 11 is 0. The van der Waals surface area contributed by atoms with Crippen molar-refractivity contribution in [3.63, 3.8) is 0 Å². The van der Waals surface area contributed by atoms with Crippen LogP contribution >= 0.6 is 0 Å². The van der Waals surface area contributed by atoms with Crippen molar-refractivity contribution in [2.75, 3.05) is 31.2 Å². The number of rotatable bonds is 3. The quantitative estimate of drug-likeness (QED) is 0.922. The Morgan fingerprint density at radius 3 is 2.96 bits per heavy atom. The van der Waals surface area contributed by atoms with Crippen molar-refractivity contribution in [2.45, 2.75) is 31.7 Å². The molecule has 1 aromatic carbocycles. The van der Waals surface area contributed by atoms with Crippen LogP contribution in [0.3, 0.4) is 0 Å². The Balaban J connectivity index is 1.62. The lowest BCUT2D eigenvalue weighted by Crippen LogP contribution is -2.50. The standard InChI is InChI=1S/C18H22FN3O2/c19-16-9-13(10-20)5-6-17(16)22-7-1-4-15(11-22)21-18(23)14-3-2-8-24-12-14/h5-6,9,14-15H,1-4,7-8,11-12H2,(H,21,23)/t14-,15+/m1/s1. The van der Waals surface area contributed by atoms with Gasteiger partial charge in [0.15, 0.2) is 0 Å². The summed E-state index contributed by atoms with van der Waals surface area (Å²) < 4.78 is 19.6. The predicted molar refractivity (Wildman–Crippen MR) is 88.0 cm³/mol. The number of benzene rings is 1. The van der Waals surface area contributed by atoms with Gasteiger partial charge in [-0.2, -0.15) is 5.26 Å². The van der Waals surface area contributed by atoms with Crippen LogP contribution in [0.15, 0.2) is 18.2 Å². The first-order chi connectivity index (χ1) is 11.7. The van der Waals surface area contributed by atoms with Crippen molar-refractivity contribution in [1.82, 2.24) is 5.32 Å². The number of carbonyl (C=O) groups is 1. The number of nitrogens with zero attached hydrogens (tertiary/aromatic N) is 2. The predicted octanol–water partition coefficient (Wildman–Crippen LogP) is 2.21. The van der Waals surface area contributed by atoms with E-state index in [1.54, 1.807) is 12.1 Å². The highest BCUT2D eigenvalue weighted by atomic mass is 19.1. The van der Waals surface area contributed by atoms with E-state index in [1.807, 2.05) is 11.0 Å². The minimum Gasteiger partial charge on any atom is -0.381 e. The lowest BCUT2D eigenvalue weighted by molar-refractivity contribution is -0.129. The molecule has 1 aromatic rings. The van der Waals surface area contributed by atoms with Crippen LogP contribution in [0.2, 0.25) is 0 Å². The van der Waals surface area contributed by atoms with Crippen molar-refractivity contribution >= 4 is 11.6 Å². The molecule has 1 amide bonds. The third-order valence-electron chi connectivity index (χ3n) is 4.72. The fourth-order valence-corrected chi connectivity index (χ4v) is 3.41. The molecule has 2 aliphatic rings. The highest BCUT2D eigenvalue weighted by Gasteiger charge is 2.27. The smallest absolute Gasteiger partial charge is 0.225 e. The van der Waals surface area contributed by atoms with Crippen LogP contribution in [0, 0.1) is 23.1 Å². The van der Waals surface area contributed by atoms with Crippen molar-refractivity contribution in [1.29, 1.82) is 5.26 Å². The minimum absolute atomic E-state index is 0.0169. The van der Waals surface area contributed by atoms with E-state index < -0.39 is 0 Å². The second-order valence-corrected chi connectivity index (χ2v) is 6.49. The molecular weight excluding hydrogens is 309 g/mol. The molecule has 0 spiro atoms. The van der Waals surface area contributed by atoms with Crippen molar-refractivity contribution in [3.05, 3.63) is 29.6 Å². The van der Waals surface area contributed by atoms with Gasteiger partial charge in [0.2, 0.25) is 5.91 Å². The Morgan fingerprint density at radius 1 is 1.38 bits per heavy atom. The average molecular weight is 331 g/mol. The molecule has 0 radical (unpaired) electrons. The van der Waals surface area contributed by atoms with Gasteiger partial charge in [-0.15, -0.1) is 0 Å². The van der Waals surface area contributed by atoms with Crippen molar-refractivity contribution in [3.8, 4) is 6.07 Å². The number of hydrogen-bond donors (Lipinski definition) is 1. The van der Waals surface area contributed by atoms with Crippen LogP contribution in [0.1, 0.15) is 31.2 Å². The molecule has 0 bridgehead atoms. The molecule has 0 saturated carbocycles. The fourth-order valence-electron chi connectivity index (χ4n) is 3.41. The lowest BCUT2D eigenvalue weighted by atomic mass is 9.99. The molecule has 2 aliphatic heterocycles. The first kappa shape index (κ1) is 16.7. The fraction of sp³-hybridized carbons (Fsp3) is 0.556. The van der Waals surface area contributed by atoms with Gasteiger partial charge in [-0.1, -0.05) is 0 Å². The average Bonchev–Trinajstić information content (AvgIpc) is 2.62. The number of hydrogen-bond acceptors (Lipinski definition) is 4. The van der Waals surface area contributed by atoms with E-state index in [2.05, 4.69) is 5.32 Å². The third-order valence-corrected chi connectivity index (χ3v) is 4.72. The normalized spacial score (nSPS) is 24.2. The van der Waals surface area contributed by atoms with E-state index in [1.165, 1.54) is 6.07 Å². The van der Waals surface area contributed by atoms with Gasteiger partial charge in [0.05, 0.1) is 29.8 Å². The molecule has 0 aromatic heterocycles. The maximum Gasteiger partial charge on any atom is 0.225 e. The maximum absolute atomic E-state index is 14.2. The van der Waals surface area contributed by atoms with Crippen molar-refractivity contribution in [2.24, 2.45) is 5.92 Å². The summed E-state index contributed by atoms with van der Waals surface area (Å²) in [5.74, 6) is -0.413. The molecule has 0 aliphatic carbocycles. The summed E-state index contributed by atoms with van der Waals surface area (Å²) in [6.45, 7) is 2.56. The highest BCUT2D eigenvalue weighted by Crippen LogP contribution is 2.24. The van der Waals surface area contributed by atoms with E-state index in [9.17, 15) is 9.18 Å². The van der Waals surface area contributed by atoms with Crippen LogP contribution in [0.25, 0.3) is 0 Å². The van der Waals surface area contributed by atoms with Crippen LogP contribution in [0.5, 0.6) is 0 Å². The zero-order chi connectivity index (χ0) is 16.9. The number of carbonyl (C=O) groups excluding carboxylic acids is 1. The molecule has 0 unspecified atom stereocenters. The summed E-state index contributed by atoms with van der Waals surface area (Å²) in [4.78, 5) is 14.3. The number of nitrogens with one attached hydrogen (secondary N) is 1. The number of halogens is 1. The van der Waals surface area contributed by atoms with Crippen LogP contribution in [-0.2, 0) is 9.53 Å². The topological polar surface area (TPSA) is 65.4 Å². The first-order valence-corrected chi connectivity index (χ1v) is 8.50. The Morgan fingerprint density at radius 2 is 2.25 bits per heavy atom. The third kappa shape index (κ3) is 3.85. The van der Waals surface area contributed by atoms with E-state index in [4.69, 9.17) is 10.00 Å². The Kier molecular flexibility index (Phi) is 5.31. The van der Waals surface area contributed by atoms with E-state index in [0.717, 1.165) is 38.8 Å². The van der Waals surface area contributed by atoms with Gasteiger partial charge in [0.25, 0.3) is 0 Å². The molecular formula is C18H22FN3O2. The molecule has 24 heavy (non-hydrogen) atoms. The van der Waals surface area contributed by atoms with Gasteiger partial charge in [0, 0.05) is 25.7 Å². The second kappa shape index (κ2) is 7.63. The van der Waals surface area contributed by atoms with Crippen LogP contribution in [-0.4, -0.2) is 38.3 Å².